The summed E-state index contributed by atoms with van der Waals surface area (Å²) in [5.41, 5.74) is 1.79. The van der Waals surface area contributed by atoms with Crippen LogP contribution >= 0.6 is 0 Å². The van der Waals surface area contributed by atoms with Gasteiger partial charge in [0.15, 0.2) is 0 Å². The molecule has 1 atom stereocenters. The topological polar surface area (TPSA) is 93.2 Å². The lowest BCUT2D eigenvalue weighted by Crippen LogP contribution is -2.06. The van der Waals surface area contributed by atoms with E-state index >= 15 is 0 Å². The molecule has 0 aliphatic carbocycles. The van der Waals surface area contributed by atoms with Crippen LogP contribution in [0.1, 0.15) is 29.7 Å². The Morgan fingerprint density at radius 2 is 2.00 bits per heavy atom. The molecule has 0 saturated heterocycles. The molecule has 2 aromatic rings. The number of nitro benzene ring substituents is 1. The van der Waals surface area contributed by atoms with Crippen molar-refractivity contribution in [1.82, 2.24) is 0 Å². The summed E-state index contributed by atoms with van der Waals surface area (Å²) in [7, 11) is 0. The Bertz CT molecular complexity index is 820. The minimum atomic E-state index is -0.608. The summed E-state index contributed by atoms with van der Waals surface area (Å²) in [6.45, 7) is 1.65. The molecule has 0 fully saturated rings. The second-order valence-electron chi connectivity index (χ2n) is 5.00. The molecule has 0 aromatic heterocycles. The van der Waals surface area contributed by atoms with Crippen molar-refractivity contribution >= 4 is 17.7 Å². The van der Waals surface area contributed by atoms with Gasteiger partial charge < -0.3 is 4.74 Å². The fourth-order valence-electron chi connectivity index (χ4n) is 2.01. The molecular weight excluding hydrogens is 308 g/mol. The predicted molar refractivity (Wildman–Crippen MR) is 87.8 cm³/mol. The minimum Gasteiger partial charge on any atom is -0.455 e. The van der Waals surface area contributed by atoms with E-state index in [0.29, 0.717) is 11.1 Å². The highest BCUT2D eigenvalue weighted by atomic mass is 16.6. The van der Waals surface area contributed by atoms with Crippen LogP contribution in [0, 0.1) is 21.4 Å². The fraction of sp³-hybridized carbons (Fsp3) is 0.111. The Morgan fingerprint density at radius 3 is 2.62 bits per heavy atom. The summed E-state index contributed by atoms with van der Waals surface area (Å²) >= 11 is 0. The van der Waals surface area contributed by atoms with E-state index in [1.807, 2.05) is 6.07 Å². The zero-order valence-corrected chi connectivity index (χ0v) is 12.9. The van der Waals surface area contributed by atoms with Crippen molar-refractivity contribution in [2.24, 2.45) is 0 Å². The lowest BCUT2D eigenvalue weighted by atomic mass is 10.1. The molecular formula is C18H14N2O4. The molecule has 0 unspecified atom stereocenters. The zero-order valence-electron chi connectivity index (χ0n) is 12.9. The Balaban J connectivity index is 2.00. The second kappa shape index (κ2) is 7.70. The van der Waals surface area contributed by atoms with Crippen molar-refractivity contribution in [1.29, 1.82) is 5.26 Å². The van der Waals surface area contributed by atoms with Crippen LogP contribution in [0.3, 0.4) is 0 Å². The van der Waals surface area contributed by atoms with Gasteiger partial charge in [-0.3, -0.25) is 10.1 Å². The minimum absolute atomic E-state index is 0.0523. The van der Waals surface area contributed by atoms with Gasteiger partial charge in [0.2, 0.25) is 0 Å². The normalized spacial score (nSPS) is 11.7. The summed E-state index contributed by atoms with van der Waals surface area (Å²) in [5, 5.41) is 19.5. The molecule has 0 bridgehead atoms. The monoisotopic (exact) mass is 322 g/mol. The van der Waals surface area contributed by atoms with Gasteiger partial charge >= 0.3 is 5.97 Å². The number of rotatable bonds is 5. The summed E-state index contributed by atoms with van der Waals surface area (Å²) in [6, 6.07) is 14.7. The molecule has 2 rings (SSSR count). The highest BCUT2D eigenvalue weighted by Gasteiger charge is 2.13. The molecule has 24 heavy (non-hydrogen) atoms. The Kier molecular flexibility index (Phi) is 5.42. The van der Waals surface area contributed by atoms with E-state index in [9.17, 15) is 14.9 Å². The number of esters is 1. The van der Waals surface area contributed by atoms with E-state index in [1.165, 1.54) is 18.2 Å². The van der Waals surface area contributed by atoms with Gasteiger partial charge in [-0.05, 0) is 36.3 Å². The van der Waals surface area contributed by atoms with E-state index in [1.54, 1.807) is 49.4 Å². The van der Waals surface area contributed by atoms with Crippen molar-refractivity contribution < 1.29 is 14.5 Å². The lowest BCUT2D eigenvalue weighted by Gasteiger charge is -2.11. The largest absolute Gasteiger partial charge is 0.455 e. The molecule has 6 nitrogen and oxygen atoms in total. The van der Waals surface area contributed by atoms with Crippen LogP contribution in [-0.4, -0.2) is 10.9 Å². The standard InChI is InChI=1S/C18H14N2O4/c1-13(16-3-2-4-17(11-16)20(22)23)24-18(21)10-9-14-5-7-15(12-19)8-6-14/h2-11,13H,1H3/b10-9+/t13-/m0/s1. The summed E-state index contributed by atoms with van der Waals surface area (Å²) in [5.74, 6) is -0.557. The van der Waals surface area contributed by atoms with Crippen molar-refractivity contribution in [3.63, 3.8) is 0 Å². The van der Waals surface area contributed by atoms with Crippen LogP contribution in [0.5, 0.6) is 0 Å². The number of ether oxygens (including phenoxy) is 1. The van der Waals surface area contributed by atoms with Crippen LogP contribution in [0.25, 0.3) is 6.08 Å². The maximum Gasteiger partial charge on any atom is 0.331 e. The van der Waals surface area contributed by atoms with Gasteiger partial charge in [-0.15, -0.1) is 0 Å². The first kappa shape index (κ1) is 16.9. The number of nitriles is 1. The molecule has 0 saturated carbocycles. The Labute approximate surface area is 138 Å². The van der Waals surface area contributed by atoms with Gasteiger partial charge in [-0.2, -0.15) is 5.26 Å². The molecule has 6 heteroatoms. The number of benzene rings is 2. The summed E-state index contributed by atoms with van der Waals surface area (Å²) < 4.78 is 5.24. The SMILES string of the molecule is C[C@H](OC(=O)/C=C/c1ccc(C#N)cc1)c1cccc([N+](=O)[O-])c1. The number of carbonyl (C=O) groups excluding carboxylic acids is 1. The van der Waals surface area contributed by atoms with Crippen molar-refractivity contribution in [3.05, 3.63) is 81.4 Å². The quantitative estimate of drug-likeness (QED) is 0.361. The highest BCUT2D eigenvalue weighted by Crippen LogP contribution is 2.22. The highest BCUT2D eigenvalue weighted by molar-refractivity contribution is 5.87. The van der Waals surface area contributed by atoms with Crippen molar-refractivity contribution in [2.45, 2.75) is 13.0 Å². The molecule has 0 aliphatic rings. The molecule has 120 valence electrons. The van der Waals surface area contributed by atoms with Gasteiger partial charge in [-0.25, -0.2) is 4.79 Å². The van der Waals surface area contributed by atoms with Crippen LogP contribution < -0.4 is 0 Å². The average molecular weight is 322 g/mol. The number of carbonyl (C=O) groups is 1. The van der Waals surface area contributed by atoms with Crippen molar-refractivity contribution in [2.75, 3.05) is 0 Å². The summed E-state index contributed by atoms with van der Waals surface area (Å²) in [4.78, 5) is 22.1. The van der Waals surface area contributed by atoms with E-state index in [4.69, 9.17) is 10.00 Å². The summed E-state index contributed by atoms with van der Waals surface area (Å²) in [6.07, 6.45) is 2.24. The van der Waals surface area contributed by atoms with Gasteiger partial charge in [0, 0.05) is 18.2 Å². The van der Waals surface area contributed by atoms with Gasteiger partial charge in [-0.1, -0.05) is 24.3 Å². The van der Waals surface area contributed by atoms with E-state index in [0.717, 1.165) is 5.56 Å². The molecule has 0 radical (unpaired) electrons. The van der Waals surface area contributed by atoms with E-state index in [2.05, 4.69) is 0 Å². The predicted octanol–water partition coefficient (Wildman–Crippen LogP) is 3.78. The Morgan fingerprint density at radius 1 is 1.29 bits per heavy atom. The maximum atomic E-state index is 11.8. The number of hydrogen-bond donors (Lipinski definition) is 0. The number of hydrogen-bond acceptors (Lipinski definition) is 5. The molecule has 2 aromatic carbocycles. The number of nitro groups is 1. The molecule has 0 amide bonds. The van der Waals surface area contributed by atoms with Crippen LogP contribution in [0.4, 0.5) is 5.69 Å². The second-order valence-corrected chi connectivity index (χ2v) is 5.00. The molecule has 0 N–H and O–H groups in total. The van der Waals surface area contributed by atoms with Gasteiger partial charge in [0.1, 0.15) is 6.10 Å². The fourth-order valence-corrected chi connectivity index (χ4v) is 2.01. The third kappa shape index (κ3) is 4.52. The van der Waals surface area contributed by atoms with Crippen LogP contribution in [0.2, 0.25) is 0 Å². The van der Waals surface area contributed by atoms with Gasteiger partial charge in [0.25, 0.3) is 5.69 Å². The molecule has 0 spiro atoms. The van der Waals surface area contributed by atoms with E-state index in [-0.39, 0.29) is 5.69 Å². The number of non-ortho nitro benzene ring substituents is 1. The van der Waals surface area contributed by atoms with Crippen LogP contribution in [-0.2, 0) is 9.53 Å². The molecule has 0 heterocycles. The first-order valence-corrected chi connectivity index (χ1v) is 7.13. The zero-order chi connectivity index (χ0) is 17.5. The third-order valence-electron chi connectivity index (χ3n) is 3.30. The maximum absolute atomic E-state index is 11.8. The first-order chi connectivity index (χ1) is 11.5. The number of nitrogens with zero attached hydrogens (tertiary/aromatic N) is 2. The Hall–Kier alpha value is -3.46. The van der Waals surface area contributed by atoms with Gasteiger partial charge in [0.05, 0.1) is 16.6 Å². The lowest BCUT2D eigenvalue weighted by molar-refractivity contribution is -0.385. The molecule has 0 aliphatic heterocycles. The van der Waals surface area contributed by atoms with E-state index < -0.39 is 17.0 Å². The van der Waals surface area contributed by atoms with Crippen molar-refractivity contribution in [3.8, 4) is 6.07 Å². The smallest absolute Gasteiger partial charge is 0.331 e. The third-order valence-corrected chi connectivity index (χ3v) is 3.30. The average Bonchev–Trinajstić information content (AvgIpc) is 2.60. The first-order valence-electron chi connectivity index (χ1n) is 7.13. The van der Waals surface area contributed by atoms with Crippen LogP contribution in [0.15, 0.2) is 54.6 Å².